The van der Waals surface area contributed by atoms with E-state index in [9.17, 15) is 0 Å². The third-order valence-corrected chi connectivity index (χ3v) is 4.25. The minimum absolute atomic E-state index is 0. The molecule has 0 aliphatic rings. The van der Waals surface area contributed by atoms with Crippen molar-refractivity contribution in [3.63, 3.8) is 0 Å². The van der Waals surface area contributed by atoms with Crippen LogP contribution in [0.4, 0.5) is 0 Å². The third-order valence-electron chi connectivity index (χ3n) is 3.42. The number of benzene rings is 1. The molecule has 0 amide bonds. The Morgan fingerprint density at radius 3 is 2.68 bits per heavy atom. The Morgan fingerprint density at radius 1 is 1.12 bits per heavy atom. The maximum Gasteiger partial charge on any atom is 0.189 e. The molecule has 130 valence electrons. The van der Waals surface area contributed by atoms with Crippen LogP contribution in [-0.2, 0) is 13.0 Å². The smallest absolute Gasteiger partial charge is 0.189 e. The number of aliphatic imine (C=N–C) groups is 1. The van der Waals surface area contributed by atoms with E-state index in [0.717, 1.165) is 28.4 Å². The van der Waals surface area contributed by atoms with E-state index in [4.69, 9.17) is 5.73 Å². The van der Waals surface area contributed by atoms with Gasteiger partial charge < -0.3 is 11.1 Å². The van der Waals surface area contributed by atoms with Gasteiger partial charge in [-0.2, -0.15) is 0 Å². The van der Waals surface area contributed by atoms with Crippen molar-refractivity contribution in [3.05, 3.63) is 70.8 Å². The van der Waals surface area contributed by atoms with E-state index >= 15 is 0 Å². The molecule has 5 nitrogen and oxygen atoms in total. The van der Waals surface area contributed by atoms with Gasteiger partial charge in [0.25, 0.3) is 0 Å². The van der Waals surface area contributed by atoms with E-state index < -0.39 is 0 Å². The molecule has 0 aliphatic heterocycles. The van der Waals surface area contributed by atoms with Gasteiger partial charge in [-0.3, -0.25) is 4.98 Å². The summed E-state index contributed by atoms with van der Waals surface area (Å²) in [6, 6.07) is 16.0. The molecule has 3 N–H and O–H groups in total. The molecule has 0 spiro atoms. The van der Waals surface area contributed by atoms with Crippen molar-refractivity contribution in [3.8, 4) is 11.3 Å². The largest absolute Gasteiger partial charge is 0.370 e. The predicted molar refractivity (Wildman–Crippen MR) is 114 cm³/mol. The van der Waals surface area contributed by atoms with Gasteiger partial charge in [0.2, 0.25) is 0 Å². The van der Waals surface area contributed by atoms with Crippen molar-refractivity contribution in [2.45, 2.75) is 13.0 Å². The van der Waals surface area contributed by atoms with Gasteiger partial charge in [-0.15, -0.1) is 35.3 Å². The minimum Gasteiger partial charge on any atom is -0.370 e. The van der Waals surface area contributed by atoms with Gasteiger partial charge >= 0.3 is 0 Å². The van der Waals surface area contributed by atoms with Crippen LogP contribution in [0.15, 0.2) is 65.1 Å². The number of aromatic nitrogens is 2. The van der Waals surface area contributed by atoms with Crippen LogP contribution < -0.4 is 11.1 Å². The van der Waals surface area contributed by atoms with E-state index in [1.54, 1.807) is 17.5 Å². The lowest BCUT2D eigenvalue weighted by atomic mass is 10.2. The highest BCUT2D eigenvalue weighted by Gasteiger charge is 2.03. The number of hydrogen-bond donors (Lipinski definition) is 2. The number of guanidine groups is 1. The number of nitrogens with two attached hydrogens (primary N) is 1. The summed E-state index contributed by atoms with van der Waals surface area (Å²) < 4.78 is 0. The molecule has 3 aromatic rings. The molecule has 25 heavy (non-hydrogen) atoms. The van der Waals surface area contributed by atoms with Gasteiger partial charge in [0.05, 0.1) is 12.2 Å². The quantitative estimate of drug-likeness (QED) is 0.332. The number of nitrogens with one attached hydrogen (secondary N) is 1. The summed E-state index contributed by atoms with van der Waals surface area (Å²) in [6.07, 6.45) is 2.60. The zero-order valence-corrected chi connectivity index (χ0v) is 16.8. The summed E-state index contributed by atoms with van der Waals surface area (Å²) in [5, 5.41) is 6.10. The summed E-state index contributed by atoms with van der Waals surface area (Å²) in [7, 11) is 0. The molecule has 0 unspecified atom stereocenters. The fourth-order valence-electron chi connectivity index (χ4n) is 2.20. The monoisotopic (exact) mass is 465 g/mol. The third kappa shape index (κ3) is 6.09. The first-order chi connectivity index (χ1) is 11.8. The van der Waals surface area contributed by atoms with Gasteiger partial charge in [0.15, 0.2) is 5.96 Å². The van der Waals surface area contributed by atoms with Crippen LogP contribution in [0.2, 0.25) is 0 Å². The lowest BCUT2D eigenvalue weighted by molar-refractivity contribution is 0.827. The van der Waals surface area contributed by atoms with Crippen molar-refractivity contribution >= 4 is 41.3 Å². The van der Waals surface area contributed by atoms with E-state index in [1.807, 2.05) is 41.8 Å². The molecule has 2 heterocycles. The normalized spacial score (nSPS) is 11.0. The van der Waals surface area contributed by atoms with Crippen molar-refractivity contribution < 1.29 is 0 Å². The highest BCUT2D eigenvalue weighted by molar-refractivity contribution is 14.0. The first-order valence-corrected chi connectivity index (χ1v) is 8.63. The van der Waals surface area contributed by atoms with Gasteiger partial charge in [-0.25, -0.2) is 9.98 Å². The van der Waals surface area contributed by atoms with Crippen LogP contribution >= 0.6 is 35.3 Å². The van der Waals surface area contributed by atoms with Gasteiger partial charge in [0.1, 0.15) is 5.01 Å². The van der Waals surface area contributed by atoms with E-state index in [-0.39, 0.29) is 24.0 Å². The summed E-state index contributed by atoms with van der Waals surface area (Å²) >= 11 is 1.60. The van der Waals surface area contributed by atoms with E-state index in [2.05, 4.69) is 32.4 Å². The molecule has 1 aromatic carbocycles. The van der Waals surface area contributed by atoms with Crippen LogP contribution in [0.25, 0.3) is 11.3 Å². The second-order valence-electron chi connectivity index (χ2n) is 5.19. The van der Waals surface area contributed by atoms with Crippen molar-refractivity contribution in [1.29, 1.82) is 0 Å². The molecule has 0 bridgehead atoms. The molecule has 7 heteroatoms. The fraction of sp³-hybridized carbons (Fsp3) is 0.167. The second kappa shape index (κ2) is 10.1. The number of nitrogens with zero attached hydrogens (tertiary/aromatic N) is 3. The molecular formula is C18H20IN5S. The number of thiazole rings is 1. The zero-order valence-electron chi connectivity index (χ0n) is 13.6. The number of rotatable bonds is 6. The summed E-state index contributed by atoms with van der Waals surface area (Å²) in [5.41, 5.74) is 9.03. The topological polar surface area (TPSA) is 76.2 Å². The molecule has 0 radical (unpaired) electrons. The number of pyridine rings is 1. The van der Waals surface area contributed by atoms with Crippen molar-refractivity contribution in [1.82, 2.24) is 15.3 Å². The van der Waals surface area contributed by atoms with Gasteiger partial charge in [0, 0.05) is 35.8 Å². The van der Waals surface area contributed by atoms with Crippen LogP contribution in [-0.4, -0.2) is 22.5 Å². The Morgan fingerprint density at radius 2 is 1.92 bits per heavy atom. The van der Waals surface area contributed by atoms with Crippen molar-refractivity contribution in [2.24, 2.45) is 10.7 Å². The zero-order chi connectivity index (χ0) is 16.6. The molecule has 0 atom stereocenters. The van der Waals surface area contributed by atoms with Crippen LogP contribution in [0, 0.1) is 0 Å². The summed E-state index contributed by atoms with van der Waals surface area (Å²) in [6.45, 7) is 1.19. The summed E-state index contributed by atoms with van der Waals surface area (Å²) in [4.78, 5) is 13.2. The predicted octanol–water partition coefficient (Wildman–Crippen LogP) is 3.47. The van der Waals surface area contributed by atoms with Gasteiger partial charge in [-0.05, 0) is 12.1 Å². The van der Waals surface area contributed by atoms with Crippen molar-refractivity contribution in [2.75, 3.05) is 6.54 Å². The van der Waals surface area contributed by atoms with Gasteiger partial charge in [-0.1, -0.05) is 36.4 Å². The minimum atomic E-state index is 0. The second-order valence-corrected chi connectivity index (χ2v) is 6.13. The highest BCUT2D eigenvalue weighted by atomic mass is 127. The average Bonchev–Trinajstić information content (AvgIpc) is 3.11. The first-order valence-electron chi connectivity index (χ1n) is 7.75. The van der Waals surface area contributed by atoms with E-state index in [0.29, 0.717) is 19.0 Å². The Bertz CT molecular complexity index is 789. The number of halogens is 1. The first kappa shape index (κ1) is 19.3. The Kier molecular flexibility index (Phi) is 7.80. The Labute approximate surface area is 168 Å². The molecule has 0 saturated carbocycles. The lowest BCUT2D eigenvalue weighted by Gasteiger charge is -2.04. The van der Waals surface area contributed by atoms with Crippen LogP contribution in [0.1, 0.15) is 10.7 Å². The number of hydrogen-bond acceptors (Lipinski definition) is 4. The Balaban J connectivity index is 0.00000225. The van der Waals surface area contributed by atoms with Crippen LogP contribution in [0.3, 0.4) is 0 Å². The molecule has 0 saturated heterocycles. The molecule has 2 aromatic heterocycles. The maximum atomic E-state index is 5.90. The molecule has 3 rings (SSSR count). The molecule has 0 fully saturated rings. The fourth-order valence-corrected chi connectivity index (χ4v) is 2.92. The maximum absolute atomic E-state index is 5.90. The highest BCUT2D eigenvalue weighted by Crippen LogP contribution is 2.21. The lowest BCUT2D eigenvalue weighted by Crippen LogP contribution is -2.33. The summed E-state index contributed by atoms with van der Waals surface area (Å²) in [5.74, 6) is 0.433. The van der Waals surface area contributed by atoms with E-state index in [1.165, 1.54) is 0 Å². The van der Waals surface area contributed by atoms with Crippen LogP contribution in [0.5, 0.6) is 0 Å². The standard InChI is InChI=1S/C18H19N5S.HI/c19-18(21-11-9-15-8-4-5-10-20-15)22-12-17-23-16(13-24-17)14-6-2-1-3-7-14;/h1-8,10,13H,9,11-12H2,(H3,19,21,22);1H. The molecular weight excluding hydrogens is 445 g/mol. The Hall–Kier alpha value is -2.00. The SMILES string of the molecule is I.NC(=NCc1nc(-c2ccccc2)cs1)NCCc1ccccn1. The average molecular weight is 465 g/mol. The molecule has 0 aliphatic carbocycles.